The monoisotopic (exact) mass is 194 g/mol. The van der Waals surface area contributed by atoms with E-state index in [2.05, 4.69) is 15.4 Å². The standard InChI is InChI=1S/C9H14N4O/c1-2-13-9(11-6-12-13)8(14)7-3-4-10-5-7/h6-7,10H,2-5H2,1H3. The van der Waals surface area contributed by atoms with Crippen LogP contribution in [0.3, 0.4) is 0 Å². The van der Waals surface area contributed by atoms with Crippen LogP contribution in [0.15, 0.2) is 6.33 Å². The molecule has 0 aliphatic carbocycles. The molecule has 1 aromatic heterocycles. The highest BCUT2D eigenvalue weighted by Crippen LogP contribution is 2.13. The van der Waals surface area contributed by atoms with Gasteiger partial charge in [-0.2, -0.15) is 5.10 Å². The highest BCUT2D eigenvalue weighted by Gasteiger charge is 2.26. The van der Waals surface area contributed by atoms with Crippen molar-refractivity contribution in [1.29, 1.82) is 0 Å². The highest BCUT2D eigenvalue weighted by molar-refractivity contribution is 5.94. The van der Waals surface area contributed by atoms with Crippen LogP contribution >= 0.6 is 0 Å². The largest absolute Gasteiger partial charge is 0.316 e. The minimum absolute atomic E-state index is 0.0875. The molecule has 0 bridgehead atoms. The predicted molar refractivity (Wildman–Crippen MR) is 51.0 cm³/mol. The number of rotatable bonds is 3. The maximum Gasteiger partial charge on any atom is 0.204 e. The van der Waals surface area contributed by atoms with Gasteiger partial charge in [0.15, 0.2) is 5.82 Å². The molecular weight excluding hydrogens is 180 g/mol. The molecule has 0 amide bonds. The van der Waals surface area contributed by atoms with Gasteiger partial charge in [0.2, 0.25) is 5.78 Å². The van der Waals surface area contributed by atoms with Crippen molar-refractivity contribution in [2.45, 2.75) is 19.9 Å². The van der Waals surface area contributed by atoms with Crippen molar-refractivity contribution in [2.75, 3.05) is 13.1 Å². The summed E-state index contributed by atoms with van der Waals surface area (Å²) in [4.78, 5) is 15.9. The first kappa shape index (κ1) is 9.33. The van der Waals surface area contributed by atoms with Crippen LogP contribution in [0.2, 0.25) is 0 Å². The van der Waals surface area contributed by atoms with Gasteiger partial charge in [-0.05, 0) is 19.9 Å². The zero-order chi connectivity index (χ0) is 9.97. The summed E-state index contributed by atoms with van der Waals surface area (Å²) in [7, 11) is 0. The third-order valence-corrected chi connectivity index (χ3v) is 2.57. The van der Waals surface area contributed by atoms with Gasteiger partial charge in [0, 0.05) is 19.0 Å². The van der Waals surface area contributed by atoms with Crippen molar-refractivity contribution in [3.05, 3.63) is 12.2 Å². The zero-order valence-electron chi connectivity index (χ0n) is 8.23. The lowest BCUT2D eigenvalue weighted by atomic mass is 10.0. The lowest BCUT2D eigenvalue weighted by Crippen LogP contribution is -2.22. The molecule has 1 saturated heterocycles. The van der Waals surface area contributed by atoms with Crippen LogP contribution in [0, 0.1) is 5.92 Å². The smallest absolute Gasteiger partial charge is 0.204 e. The highest BCUT2D eigenvalue weighted by atomic mass is 16.1. The Morgan fingerprint density at radius 3 is 3.29 bits per heavy atom. The Morgan fingerprint density at radius 2 is 2.64 bits per heavy atom. The number of hydrogen-bond donors (Lipinski definition) is 1. The first-order valence-corrected chi connectivity index (χ1v) is 4.95. The molecule has 76 valence electrons. The van der Waals surface area contributed by atoms with Gasteiger partial charge in [0.1, 0.15) is 6.33 Å². The Hall–Kier alpha value is -1.23. The fourth-order valence-electron chi connectivity index (χ4n) is 1.75. The summed E-state index contributed by atoms with van der Waals surface area (Å²) in [5.41, 5.74) is 0. The molecule has 1 atom stereocenters. The summed E-state index contributed by atoms with van der Waals surface area (Å²) in [6.07, 6.45) is 2.36. The van der Waals surface area contributed by atoms with Crippen molar-refractivity contribution in [2.24, 2.45) is 5.92 Å². The second kappa shape index (κ2) is 3.88. The molecule has 5 nitrogen and oxygen atoms in total. The van der Waals surface area contributed by atoms with Crippen LogP contribution in [0.1, 0.15) is 24.0 Å². The molecule has 5 heteroatoms. The summed E-state index contributed by atoms with van der Waals surface area (Å²) >= 11 is 0. The second-order valence-electron chi connectivity index (χ2n) is 3.45. The van der Waals surface area contributed by atoms with Crippen molar-refractivity contribution in [3.8, 4) is 0 Å². The molecule has 0 radical (unpaired) electrons. The maximum absolute atomic E-state index is 11.9. The molecule has 1 fully saturated rings. The lowest BCUT2D eigenvalue weighted by Gasteiger charge is -2.06. The average Bonchev–Trinajstić information content (AvgIpc) is 2.87. The van der Waals surface area contributed by atoms with Gasteiger partial charge in [-0.1, -0.05) is 0 Å². The summed E-state index contributed by atoms with van der Waals surface area (Å²) in [5, 5.41) is 7.17. The molecule has 0 aromatic carbocycles. The van der Waals surface area contributed by atoms with Crippen LogP contribution < -0.4 is 5.32 Å². The molecule has 1 N–H and O–H groups in total. The molecule has 14 heavy (non-hydrogen) atoms. The van der Waals surface area contributed by atoms with E-state index in [1.165, 1.54) is 6.33 Å². The molecule has 1 aliphatic rings. The van der Waals surface area contributed by atoms with Crippen LogP contribution in [0.4, 0.5) is 0 Å². The van der Waals surface area contributed by atoms with E-state index in [1.54, 1.807) is 4.68 Å². The number of carbonyl (C=O) groups is 1. The minimum atomic E-state index is 0.0875. The summed E-state index contributed by atoms with van der Waals surface area (Å²) in [5.74, 6) is 0.708. The first-order valence-electron chi connectivity index (χ1n) is 4.95. The van der Waals surface area contributed by atoms with Gasteiger partial charge in [-0.15, -0.1) is 0 Å². The van der Waals surface area contributed by atoms with Gasteiger partial charge in [-0.25, -0.2) is 9.67 Å². The quantitative estimate of drug-likeness (QED) is 0.693. The number of aromatic nitrogens is 3. The Labute approximate surface area is 82.5 Å². The van der Waals surface area contributed by atoms with Crippen LogP contribution in [0.5, 0.6) is 0 Å². The SMILES string of the molecule is CCn1ncnc1C(=O)C1CCNC1. The Kier molecular flexibility index (Phi) is 2.58. The van der Waals surface area contributed by atoms with E-state index >= 15 is 0 Å². The van der Waals surface area contributed by atoms with E-state index in [0.717, 1.165) is 19.5 Å². The van der Waals surface area contributed by atoms with Gasteiger partial charge >= 0.3 is 0 Å². The van der Waals surface area contributed by atoms with Crippen molar-refractivity contribution in [3.63, 3.8) is 0 Å². The maximum atomic E-state index is 11.9. The van der Waals surface area contributed by atoms with E-state index in [1.807, 2.05) is 6.92 Å². The van der Waals surface area contributed by atoms with Crippen molar-refractivity contribution >= 4 is 5.78 Å². The number of nitrogens with zero attached hydrogens (tertiary/aromatic N) is 3. The third-order valence-electron chi connectivity index (χ3n) is 2.57. The van der Waals surface area contributed by atoms with Crippen molar-refractivity contribution in [1.82, 2.24) is 20.1 Å². The topological polar surface area (TPSA) is 59.8 Å². The molecule has 0 saturated carbocycles. The summed E-state index contributed by atoms with van der Waals surface area (Å²) < 4.78 is 1.65. The number of hydrogen-bond acceptors (Lipinski definition) is 4. The van der Waals surface area contributed by atoms with E-state index in [-0.39, 0.29) is 11.7 Å². The van der Waals surface area contributed by atoms with E-state index in [9.17, 15) is 4.79 Å². The predicted octanol–water partition coefficient (Wildman–Crippen LogP) is 0.0902. The second-order valence-corrected chi connectivity index (χ2v) is 3.45. The van der Waals surface area contributed by atoms with Gasteiger partial charge in [0.05, 0.1) is 0 Å². The molecule has 1 unspecified atom stereocenters. The van der Waals surface area contributed by atoms with E-state index in [0.29, 0.717) is 12.4 Å². The van der Waals surface area contributed by atoms with Gasteiger partial charge in [-0.3, -0.25) is 4.79 Å². The lowest BCUT2D eigenvalue weighted by molar-refractivity contribution is 0.0914. The van der Waals surface area contributed by atoms with E-state index in [4.69, 9.17) is 0 Å². The summed E-state index contributed by atoms with van der Waals surface area (Å²) in [6.45, 7) is 4.35. The molecule has 2 rings (SSSR count). The van der Waals surface area contributed by atoms with Crippen molar-refractivity contribution < 1.29 is 4.79 Å². The Bertz CT molecular complexity index is 327. The number of Topliss-reactive ketones (excluding diaryl/α,β-unsaturated/α-hetero) is 1. The van der Waals surface area contributed by atoms with Crippen LogP contribution in [-0.4, -0.2) is 33.6 Å². The van der Waals surface area contributed by atoms with E-state index < -0.39 is 0 Å². The number of ketones is 1. The van der Waals surface area contributed by atoms with Gasteiger partial charge < -0.3 is 5.32 Å². The fourth-order valence-corrected chi connectivity index (χ4v) is 1.75. The Morgan fingerprint density at radius 1 is 1.79 bits per heavy atom. The van der Waals surface area contributed by atoms with Crippen LogP contribution in [0.25, 0.3) is 0 Å². The van der Waals surface area contributed by atoms with Gasteiger partial charge in [0.25, 0.3) is 0 Å². The zero-order valence-corrected chi connectivity index (χ0v) is 8.23. The molecule has 2 heterocycles. The number of carbonyl (C=O) groups excluding carboxylic acids is 1. The summed E-state index contributed by atoms with van der Waals surface area (Å²) in [6, 6.07) is 0. The Balaban J connectivity index is 2.17. The van der Waals surface area contributed by atoms with Crippen LogP contribution in [-0.2, 0) is 6.54 Å². The normalized spacial score (nSPS) is 21.4. The third kappa shape index (κ3) is 1.55. The minimum Gasteiger partial charge on any atom is -0.316 e. The number of aryl methyl sites for hydroxylation is 1. The average molecular weight is 194 g/mol. The molecule has 0 spiro atoms. The molecule has 1 aromatic rings. The molecule has 1 aliphatic heterocycles. The molecular formula is C9H14N4O. The fraction of sp³-hybridized carbons (Fsp3) is 0.667. The number of nitrogens with one attached hydrogen (secondary N) is 1. The first-order chi connectivity index (χ1) is 6.83.